The Hall–Kier alpha value is -1.32. The highest BCUT2D eigenvalue weighted by Gasteiger charge is 2.17. The number of carboxylic acids is 1. The summed E-state index contributed by atoms with van der Waals surface area (Å²) in [4.78, 5) is 22.9. The minimum Gasteiger partial charge on any atom is -0.481 e. The molecule has 1 amide bonds. The molecule has 0 aromatic carbocycles. The smallest absolute Gasteiger partial charge is 0.305 e. The maximum absolute atomic E-state index is 12.0. The van der Waals surface area contributed by atoms with Crippen molar-refractivity contribution >= 4 is 11.9 Å². The molecule has 0 unspecified atom stereocenters. The molecule has 0 aliphatic heterocycles. The third-order valence-corrected chi connectivity index (χ3v) is 4.71. The van der Waals surface area contributed by atoms with Gasteiger partial charge in [-0.1, -0.05) is 71.4 Å². The van der Waals surface area contributed by atoms with E-state index in [1.165, 1.54) is 57.8 Å². The molecule has 0 heterocycles. The molecule has 0 aliphatic carbocycles. The van der Waals surface area contributed by atoms with Gasteiger partial charge >= 0.3 is 5.97 Å². The molecule has 0 radical (unpaired) electrons. The fourth-order valence-electron chi connectivity index (χ4n) is 3.28. The fraction of sp³-hybridized carbons (Fsp3) is 0.826. The van der Waals surface area contributed by atoms with Crippen molar-refractivity contribution in [1.29, 1.82) is 0 Å². The topological polar surface area (TPSA) is 66.4 Å². The van der Waals surface area contributed by atoms with Crippen molar-refractivity contribution in [2.75, 3.05) is 0 Å². The molecule has 0 rings (SSSR count). The van der Waals surface area contributed by atoms with Crippen LogP contribution in [0.1, 0.15) is 111 Å². The second-order valence-corrected chi connectivity index (χ2v) is 8.12. The van der Waals surface area contributed by atoms with Gasteiger partial charge in [0.1, 0.15) is 0 Å². The molecule has 0 saturated carbocycles. The van der Waals surface area contributed by atoms with Crippen LogP contribution in [0.2, 0.25) is 0 Å². The van der Waals surface area contributed by atoms with Crippen LogP contribution in [0.4, 0.5) is 0 Å². The highest BCUT2D eigenvalue weighted by atomic mass is 16.4. The summed E-state index contributed by atoms with van der Waals surface area (Å²) in [6, 6.07) is -0.247. The van der Waals surface area contributed by atoms with Crippen molar-refractivity contribution in [3.8, 4) is 0 Å². The molecule has 0 fully saturated rings. The summed E-state index contributed by atoms with van der Waals surface area (Å²) in [7, 11) is 0. The van der Waals surface area contributed by atoms with E-state index in [2.05, 4.69) is 24.4 Å². The Morgan fingerprint density at radius 1 is 0.889 bits per heavy atom. The van der Waals surface area contributed by atoms with Gasteiger partial charge in [-0.05, 0) is 44.4 Å². The van der Waals surface area contributed by atoms with Gasteiger partial charge in [0, 0.05) is 12.5 Å². The fourth-order valence-corrected chi connectivity index (χ4v) is 3.28. The van der Waals surface area contributed by atoms with E-state index in [0.717, 1.165) is 12.8 Å². The second kappa shape index (κ2) is 18.1. The molecule has 4 nitrogen and oxygen atoms in total. The highest BCUT2D eigenvalue weighted by Crippen LogP contribution is 2.11. The van der Waals surface area contributed by atoms with Crippen LogP contribution in [0.25, 0.3) is 0 Å². The van der Waals surface area contributed by atoms with E-state index in [-0.39, 0.29) is 18.4 Å². The second-order valence-electron chi connectivity index (χ2n) is 8.12. The zero-order valence-corrected chi connectivity index (χ0v) is 18.0. The van der Waals surface area contributed by atoms with Gasteiger partial charge < -0.3 is 10.4 Å². The van der Waals surface area contributed by atoms with Crippen molar-refractivity contribution in [2.45, 2.75) is 117 Å². The first kappa shape index (κ1) is 25.7. The first-order valence-electron chi connectivity index (χ1n) is 11.1. The molecular weight excluding hydrogens is 338 g/mol. The van der Waals surface area contributed by atoms with E-state index in [1.807, 2.05) is 13.8 Å². The van der Waals surface area contributed by atoms with Gasteiger partial charge in [-0.3, -0.25) is 9.59 Å². The number of nitrogens with one attached hydrogen (secondary N) is 1. The van der Waals surface area contributed by atoms with Gasteiger partial charge in [-0.25, -0.2) is 0 Å². The summed E-state index contributed by atoms with van der Waals surface area (Å²) in [5, 5.41) is 11.8. The lowest BCUT2D eigenvalue weighted by atomic mass is 10.0. The highest BCUT2D eigenvalue weighted by molar-refractivity contribution is 5.77. The lowest BCUT2D eigenvalue weighted by Crippen LogP contribution is -2.37. The summed E-state index contributed by atoms with van der Waals surface area (Å²) >= 11 is 0. The standard InChI is InChI=1S/C23H43NO3/c1-4-5-6-7-8-9-10-11-12-13-14-15-16-17-22(25)24-21(18-20(2)3)19-23(26)27/h9-10,20-21H,4-8,11-19H2,1-3H3,(H,24,25)(H,26,27)/b10-9-/t21-/m1/s1. The van der Waals surface area contributed by atoms with Gasteiger partial charge in [0.25, 0.3) is 0 Å². The maximum Gasteiger partial charge on any atom is 0.305 e. The Morgan fingerprint density at radius 3 is 2.00 bits per heavy atom. The average Bonchev–Trinajstić information content (AvgIpc) is 2.57. The van der Waals surface area contributed by atoms with E-state index >= 15 is 0 Å². The first-order chi connectivity index (χ1) is 13.0. The SMILES string of the molecule is CCCCCC/C=C\CCCCCCCC(=O)N[C@@H](CC(=O)O)CC(C)C. The molecule has 1 atom stereocenters. The van der Waals surface area contributed by atoms with Gasteiger partial charge in [-0.15, -0.1) is 0 Å². The molecular formula is C23H43NO3. The largest absolute Gasteiger partial charge is 0.481 e. The number of allylic oxidation sites excluding steroid dienone is 2. The molecule has 0 bridgehead atoms. The summed E-state index contributed by atoms with van der Waals surface area (Å²) in [6.07, 6.45) is 19.1. The van der Waals surface area contributed by atoms with E-state index in [4.69, 9.17) is 5.11 Å². The van der Waals surface area contributed by atoms with Crippen LogP contribution in [0, 0.1) is 5.92 Å². The van der Waals surface area contributed by atoms with Crippen molar-refractivity contribution in [3.63, 3.8) is 0 Å². The Morgan fingerprint density at radius 2 is 1.44 bits per heavy atom. The Balaban J connectivity index is 3.61. The summed E-state index contributed by atoms with van der Waals surface area (Å²) in [5.74, 6) is -0.482. The Labute approximate surface area is 167 Å². The van der Waals surface area contributed by atoms with Crippen molar-refractivity contribution in [1.82, 2.24) is 5.32 Å². The zero-order valence-electron chi connectivity index (χ0n) is 18.0. The lowest BCUT2D eigenvalue weighted by Gasteiger charge is -2.18. The zero-order chi connectivity index (χ0) is 20.3. The van der Waals surface area contributed by atoms with Crippen LogP contribution in [0.3, 0.4) is 0 Å². The molecule has 0 aliphatic rings. The van der Waals surface area contributed by atoms with Gasteiger partial charge in [-0.2, -0.15) is 0 Å². The molecule has 2 N–H and O–H groups in total. The summed E-state index contributed by atoms with van der Waals surface area (Å²) in [6.45, 7) is 6.33. The number of carbonyl (C=O) groups excluding carboxylic acids is 1. The normalized spacial score (nSPS) is 12.6. The van der Waals surface area contributed by atoms with Crippen molar-refractivity contribution < 1.29 is 14.7 Å². The van der Waals surface area contributed by atoms with Gasteiger partial charge in [0.2, 0.25) is 5.91 Å². The van der Waals surface area contributed by atoms with Gasteiger partial charge in [0.15, 0.2) is 0 Å². The number of hydrogen-bond donors (Lipinski definition) is 2. The van der Waals surface area contributed by atoms with Crippen LogP contribution in [0.15, 0.2) is 12.2 Å². The maximum atomic E-state index is 12.0. The molecule has 0 aromatic rings. The Bertz CT molecular complexity index is 404. The number of unbranched alkanes of at least 4 members (excludes halogenated alkanes) is 9. The number of carboxylic acid groups (broad SMARTS) is 1. The molecule has 0 saturated heterocycles. The van der Waals surface area contributed by atoms with E-state index < -0.39 is 5.97 Å². The summed E-state index contributed by atoms with van der Waals surface area (Å²) in [5.41, 5.74) is 0. The van der Waals surface area contributed by atoms with Crippen LogP contribution < -0.4 is 5.32 Å². The number of amides is 1. The number of hydrogen-bond acceptors (Lipinski definition) is 2. The third-order valence-electron chi connectivity index (χ3n) is 4.71. The minimum atomic E-state index is -0.851. The average molecular weight is 382 g/mol. The quantitative estimate of drug-likeness (QED) is 0.218. The molecule has 4 heteroatoms. The van der Waals surface area contributed by atoms with Gasteiger partial charge in [0.05, 0.1) is 6.42 Å². The van der Waals surface area contributed by atoms with E-state index in [9.17, 15) is 9.59 Å². The molecule has 0 aromatic heterocycles. The number of rotatable bonds is 18. The van der Waals surface area contributed by atoms with E-state index in [1.54, 1.807) is 0 Å². The van der Waals surface area contributed by atoms with E-state index in [0.29, 0.717) is 18.8 Å². The van der Waals surface area contributed by atoms with Crippen LogP contribution in [-0.2, 0) is 9.59 Å². The molecule has 0 spiro atoms. The number of carbonyl (C=O) groups is 2. The van der Waals surface area contributed by atoms with Crippen LogP contribution in [0.5, 0.6) is 0 Å². The first-order valence-corrected chi connectivity index (χ1v) is 11.1. The third kappa shape index (κ3) is 19.3. The van der Waals surface area contributed by atoms with Crippen molar-refractivity contribution in [3.05, 3.63) is 12.2 Å². The predicted octanol–water partition coefficient (Wildman–Crippen LogP) is 6.25. The lowest BCUT2D eigenvalue weighted by molar-refractivity contribution is -0.137. The van der Waals surface area contributed by atoms with Crippen LogP contribution in [-0.4, -0.2) is 23.0 Å². The predicted molar refractivity (Wildman–Crippen MR) is 114 cm³/mol. The molecule has 158 valence electrons. The van der Waals surface area contributed by atoms with Crippen LogP contribution >= 0.6 is 0 Å². The Kier molecular flexibility index (Phi) is 17.2. The number of aliphatic carboxylic acids is 1. The van der Waals surface area contributed by atoms with Crippen molar-refractivity contribution in [2.24, 2.45) is 5.92 Å². The minimum absolute atomic E-state index is 0.00657. The summed E-state index contributed by atoms with van der Waals surface area (Å²) < 4.78 is 0. The molecule has 27 heavy (non-hydrogen) atoms. The monoisotopic (exact) mass is 381 g/mol.